The number of rotatable bonds is 4. The monoisotopic (exact) mass is 344 g/mol. The van der Waals surface area contributed by atoms with E-state index in [-0.39, 0.29) is 18.1 Å². The summed E-state index contributed by atoms with van der Waals surface area (Å²) in [5.74, 6) is 2.13. The van der Waals surface area contributed by atoms with Crippen LogP contribution in [-0.4, -0.2) is 40.3 Å². The molecule has 2 aromatic rings. The predicted octanol–water partition coefficient (Wildman–Crippen LogP) is 3.58. The number of amides is 2. The molecule has 2 heterocycles. The van der Waals surface area contributed by atoms with Crippen LogP contribution in [0.1, 0.15) is 44.3 Å². The molecule has 0 unspecified atom stereocenters. The molecule has 7 nitrogen and oxygen atoms in total. The minimum Gasteiger partial charge on any atom is -0.491 e. The number of carbonyl (C=O) groups excluding carboxylic acids is 1. The second-order valence-corrected chi connectivity index (χ2v) is 6.59. The Balaban J connectivity index is 1.58. The maximum Gasteiger partial charge on any atom is 0.321 e. The number of aryl methyl sites for hydroxylation is 1. The maximum absolute atomic E-state index is 12.5. The summed E-state index contributed by atoms with van der Waals surface area (Å²) < 4.78 is 10.9. The van der Waals surface area contributed by atoms with E-state index in [9.17, 15) is 4.79 Å². The second kappa shape index (κ2) is 7.55. The largest absolute Gasteiger partial charge is 0.491 e. The molecule has 0 spiro atoms. The molecule has 1 atom stereocenters. The molecule has 1 aromatic carbocycles. The number of benzene rings is 1. The number of aromatic nitrogens is 2. The number of carbonyl (C=O) groups is 1. The number of likely N-dealkylation sites (tertiary alicyclic amines) is 1. The number of hydrogen-bond acceptors (Lipinski definition) is 5. The molecule has 0 radical (unpaired) electrons. The van der Waals surface area contributed by atoms with Crippen molar-refractivity contribution in [2.24, 2.45) is 0 Å². The van der Waals surface area contributed by atoms with Crippen molar-refractivity contribution in [3.63, 3.8) is 0 Å². The summed E-state index contributed by atoms with van der Waals surface area (Å²) in [4.78, 5) is 18.6. The van der Waals surface area contributed by atoms with Gasteiger partial charge < -0.3 is 19.5 Å². The van der Waals surface area contributed by atoms with E-state index in [0.29, 0.717) is 18.3 Å². The van der Waals surface area contributed by atoms with Gasteiger partial charge in [0.05, 0.1) is 12.0 Å². The topological polar surface area (TPSA) is 80.5 Å². The van der Waals surface area contributed by atoms with Gasteiger partial charge in [-0.2, -0.15) is 4.98 Å². The van der Waals surface area contributed by atoms with Crippen LogP contribution in [-0.2, 0) is 0 Å². The van der Waals surface area contributed by atoms with Gasteiger partial charge in [0.2, 0.25) is 5.89 Å². The molecule has 1 aliphatic heterocycles. The zero-order valence-electron chi connectivity index (χ0n) is 14.9. The highest BCUT2D eigenvalue weighted by molar-refractivity contribution is 5.89. The van der Waals surface area contributed by atoms with E-state index in [2.05, 4.69) is 15.5 Å². The summed E-state index contributed by atoms with van der Waals surface area (Å²) in [5.41, 5.74) is 0.747. The highest BCUT2D eigenvalue weighted by Gasteiger charge is 2.28. The smallest absolute Gasteiger partial charge is 0.321 e. The fraction of sp³-hybridized carbons (Fsp3) is 0.500. The molecule has 0 aliphatic carbocycles. The summed E-state index contributed by atoms with van der Waals surface area (Å²) in [6.07, 6.45) is 1.99. The first-order chi connectivity index (χ1) is 12.0. The number of hydrogen-bond donors (Lipinski definition) is 1. The summed E-state index contributed by atoms with van der Waals surface area (Å²) in [5, 5.41) is 6.78. The zero-order chi connectivity index (χ0) is 17.8. The number of anilines is 1. The van der Waals surface area contributed by atoms with Gasteiger partial charge in [0.1, 0.15) is 5.75 Å². The molecule has 134 valence electrons. The second-order valence-electron chi connectivity index (χ2n) is 6.59. The molecule has 2 amide bonds. The number of nitrogens with zero attached hydrogens (tertiary/aromatic N) is 3. The molecule has 3 rings (SSSR count). The molecule has 1 fully saturated rings. The van der Waals surface area contributed by atoms with Gasteiger partial charge in [0, 0.05) is 18.8 Å². The summed E-state index contributed by atoms with van der Waals surface area (Å²) in [6.45, 7) is 7.07. The van der Waals surface area contributed by atoms with Crippen molar-refractivity contribution in [2.75, 3.05) is 18.4 Å². The Bertz CT molecular complexity index is 711. The van der Waals surface area contributed by atoms with E-state index in [1.165, 1.54) is 0 Å². The molecule has 25 heavy (non-hydrogen) atoms. The van der Waals surface area contributed by atoms with Crippen LogP contribution in [0.5, 0.6) is 5.75 Å². The van der Waals surface area contributed by atoms with Gasteiger partial charge in [-0.25, -0.2) is 4.79 Å². The number of piperidine rings is 1. The van der Waals surface area contributed by atoms with Gasteiger partial charge in [0.15, 0.2) is 5.82 Å². The lowest BCUT2D eigenvalue weighted by Gasteiger charge is -2.31. The van der Waals surface area contributed by atoms with Crippen molar-refractivity contribution < 1.29 is 14.1 Å². The van der Waals surface area contributed by atoms with E-state index in [1.807, 2.05) is 38.1 Å². The molecule has 0 bridgehead atoms. The highest BCUT2D eigenvalue weighted by atomic mass is 16.5. The number of ether oxygens (including phenoxy) is 1. The van der Waals surface area contributed by atoms with Crippen LogP contribution in [0.25, 0.3) is 0 Å². The van der Waals surface area contributed by atoms with Crippen LogP contribution in [0.3, 0.4) is 0 Å². The van der Waals surface area contributed by atoms with E-state index in [1.54, 1.807) is 11.8 Å². The van der Waals surface area contributed by atoms with Crippen LogP contribution in [0.2, 0.25) is 0 Å². The van der Waals surface area contributed by atoms with Crippen molar-refractivity contribution in [1.82, 2.24) is 15.0 Å². The van der Waals surface area contributed by atoms with E-state index in [4.69, 9.17) is 9.26 Å². The summed E-state index contributed by atoms with van der Waals surface area (Å²) in [6, 6.07) is 7.29. The lowest BCUT2D eigenvalue weighted by Crippen LogP contribution is -2.41. The van der Waals surface area contributed by atoms with Gasteiger partial charge in [-0.05, 0) is 57.9 Å². The predicted molar refractivity (Wildman–Crippen MR) is 93.8 cm³/mol. The van der Waals surface area contributed by atoms with Crippen LogP contribution < -0.4 is 10.1 Å². The lowest BCUT2D eigenvalue weighted by atomic mass is 9.98. The van der Waals surface area contributed by atoms with Crippen LogP contribution >= 0.6 is 0 Å². The molecule has 0 saturated carbocycles. The van der Waals surface area contributed by atoms with Gasteiger partial charge in [-0.3, -0.25) is 0 Å². The third kappa shape index (κ3) is 4.49. The van der Waals surface area contributed by atoms with E-state index >= 15 is 0 Å². The molecule has 1 aromatic heterocycles. The SMILES string of the molecule is Cc1noc([C@H]2CCCN(C(=O)Nc3ccc(OC(C)C)cc3)C2)n1. The Labute approximate surface area is 147 Å². The van der Waals surface area contributed by atoms with E-state index in [0.717, 1.165) is 30.8 Å². The third-order valence-electron chi connectivity index (χ3n) is 4.08. The van der Waals surface area contributed by atoms with Crippen molar-refractivity contribution in [3.8, 4) is 5.75 Å². The van der Waals surface area contributed by atoms with Gasteiger partial charge in [-0.15, -0.1) is 0 Å². The molecular formula is C18H24N4O3. The maximum atomic E-state index is 12.5. The fourth-order valence-corrected chi connectivity index (χ4v) is 2.93. The Morgan fingerprint density at radius 1 is 1.36 bits per heavy atom. The van der Waals surface area contributed by atoms with Crippen LogP contribution in [0.4, 0.5) is 10.5 Å². The molecule has 7 heteroatoms. The van der Waals surface area contributed by atoms with Crippen molar-refractivity contribution in [3.05, 3.63) is 36.0 Å². The summed E-state index contributed by atoms with van der Waals surface area (Å²) in [7, 11) is 0. The summed E-state index contributed by atoms with van der Waals surface area (Å²) >= 11 is 0. The van der Waals surface area contributed by atoms with Gasteiger partial charge >= 0.3 is 6.03 Å². The average molecular weight is 344 g/mol. The van der Waals surface area contributed by atoms with E-state index < -0.39 is 0 Å². The Morgan fingerprint density at radius 2 is 2.12 bits per heavy atom. The molecule has 1 N–H and O–H groups in total. The average Bonchev–Trinajstić information content (AvgIpc) is 3.03. The number of urea groups is 1. The normalized spacial score (nSPS) is 17.6. The first-order valence-corrected chi connectivity index (χ1v) is 8.64. The quantitative estimate of drug-likeness (QED) is 0.917. The van der Waals surface area contributed by atoms with Crippen LogP contribution in [0, 0.1) is 6.92 Å². The van der Waals surface area contributed by atoms with Crippen molar-refractivity contribution >= 4 is 11.7 Å². The molecular weight excluding hydrogens is 320 g/mol. The number of nitrogens with one attached hydrogen (secondary N) is 1. The Morgan fingerprint density at radius 3 is 2.76 bits per heavy atom. The fourth-order valence-electron chi connectivity index (χ4n) is 2.93. The van der Waals surface area contributed by atoms with Crippen LogP contribution in [0.15, 0.2) is 28.8 Å². The molecule has 1 aliphatic rings. The van der Waals surface area contributed by atoms with Gasteiger partial charge in [-0.1, -0.05) is 5.16 Å². The lowest BCUT2D eigenvalue weighted by molar-refractivity contribution is 0.184. The Hall–Kier alpha value is -2.57. The zero-order valence-corrected chi connectivity index (χ0v) is 14.9. The van der Waals surface area contributed by atoms with Crippen molar-refractivity contribution in [2.45, 2.75) is 45.6 Å². The first-order valence-electron chi connectivity index (χ1n) is 8.64. The highest BCUT2D eigenvalue weighted by Crippen LogP contribution is 2.26. The minimum atomic E-state index is -0.113. The van der Waals surface area contributed by atoms with Gasteiger partial charge in [0.25, 0.3) is 0 Å². The standard InChI is InChI=1S/C18H24N4O3/c1-12(2)24-16-8-6-15(7-9-16)20-18(23)22-10-4-5-14(11-22)17-19-13(3)21-25-17/h6-9,12,14H,4-5,10-11H2,1-3H3,(H,20,23)/t14-/m0/s1. The minimum absolute atomic E-state index is 0.0996. The van der Waals surface area contributed by atoms with Crippen molar-refractivity contribution in [1.29, 1.82) is 0 Å². The Kier molecular flexibility index (Phi) is 5.21. The first kappa shape index (κ1) is 17.3. The molecule has 1 saturated heterocycles. The third-order valence-corrected chi connectivity index (χ3v) is 4.08.